The lowest BCUT2D eigenvalue weighted by Gasteiger charge is -2.02. The van der Waals surface area contributed by atoms with E-state index in [9.17, 15) is 4.79 Å². The predicted molar refractivity (Wildman–Crippen MR) is 77.0 cm³/mol. The number of hydrogen-bond acceptors (Lipinski definition) is 1. The first kappa shape index (κ1) is 16.7. The SMILES string of the molecule is CCC.CCCc1ccc(CCCC(=O)O)cc1. The van der Waals surface area contributed by atoms with Crippen LogP contribution in [0.15, 0.2) is 24.3 Å². The summed E-state index contributed by atoms with van der Waals surface area (Å²) in [6, 6.07) is 8.49. The summed E-state index contributed by atoms with van der Waals surface area (Å²) in [4.78, 5) is 10.3. The van der Waals surface area contributed by atoms with E-state index in [1.54, 1.807) is 0 Å². The molecule has 0 aliphatic carbocycles. The summed E-state index contributed by atoms with van der Waals surface area (Å²) in [6.07, 6.45) is 5.38. The van der Waals surface area contributed by atoms with E-state index < -0.39 is 5.97 Å². The summed E-state index contributed by atoms with van der Waals surface area (Å²) in [5.74, 6) is -0.711. The number of carbonyl (C=O) groups is 1. The molecular weight excluding hydrogens is 224 g/mol. The fourth-order valence-corrected chi connectivity index (χ4v) is 1.61. The molecule has 1 aromatic carbocycles. The summed E-state index contributed by atoms with van der Waals surface area (Å²) >= 11 is 0. The van der Waals surface area contributed by atoms with Gasteiger partial charge in [-0.1, -0.05) is 57.9 Å². The quantitative estimate of drug-likeness (QED) is 0.809. The van der Waals surface area contributed by atoms with Crippen LogP contribution < -0.4 is 0 Å². The minimum Gasteiger partial charge on any atom is -0.481 e. The Labute approximate surface area is 111 Å². The highest BCUT2D eigenvalue weighted by molar-refractivity contribution is 5.66. The fourth-order valence-electron chi connectivity index (χ4n) is 1.61. The number of aryl methyl sites for hydroxylation is 2. The van der Waals surface area contributed by atoms with Crippen molar-refractivity contribution in [2.24, 2.45) is 0 Å². The Balaban J connectivity index is 0.000000873. The van der Waals surface area contributed by atoms with Crippen LogP contribution in [0, 0.1) is 0 Å². The van der Waals surface area contributed by atoms with Gasteiger partial charge in [0.2, 0.25) is 0 Å². The predicted octanol–water partition coefficient (Wildman–Crippen LogP) is 4.46. The third kappa shape index (κ3) is 8.80. The van der Waals surface area contributed by atoms with Crippen molar-refractivity contribution >= 4 is 5.97 Å². The second kappa shape index (κ2) is 10.8. The van der Waals surface area contributed by atoms with Gasteiger partial charge in [-0.05, 0) is 30.4 Å². The standard InChI is InChI=1S/C13H18O2.C3H8/c1-2-4-11-7-9-12(10-8-11)5-3-6-13(14)15;1-3-2/h7-10H,2-6H2,1H3,(H,14,15);3H2,1-2H3. The first-order valence-electron chi connectivity index (χ1n) is 6.93. The van der Waals surface area contributed by atoms with Crippen molar-refractivity contribution < 1.29 is 9.90 Å². The van der Waals surface area contributed by atoms with Crippen LogP contribution in [0.3, 0.4) is 0 Å². The second-order valence-electron chi connectivity index (χ2n) is 4.52. The molecule has 0 unspecified atom stereocenters. The largest absolute Gasteiger partial charge is 0.481 e. The lowest BCUT2D eigenvalue weighted by Crippen LogP contribution is -1.96. The highest BCUT2D eigenvalue weighted by Gasteiger charge is 1.98. The Morgan fingerprint density at radius 1 is 1.00 bits per heavy atom. The maximum Gasteiger partial charge on any atom is 0.303 e. The van der Waals surface area contributed by atoms with Crippen LogP contribution >= 0.6 is 0 Å². The first-order valence-corrected chi connectivity index (χ1v) is 6.93. The molecule has 0 aliphatic rings. The summed E-state index contributed by atoms with van der Waals surface area (Å²) < 4.78 is 0. The lowest BCUT2D eigenvalue weighted by molar-refractivity contribution is -0.137. The van der Waals surface area contributed by atoms with Crippen LogP contribution in [0.4, 0.5) is 0 Å². The van der Waals surface area contributed by atoms with Crippen molar-refractivity contribution in [1.29, 1.82) is 0 Å². The van der Waals surface area contributed by atoms with Crippen LogP contribution in [0.1, 0.15) is 57.6 Å². The van der Waals surface area contributed by atoms with E-state index in [0.29, 0.717) is 0 Å². The topological polar surface area (TPSA) is 37.3 Å². The molecule has 0 spiro atoms. The number of carboxylic acids is 1. The number of carboxylic acid groups (broad SMARTS) is 1. The monoisotopic (exact) mass is 250 g/mol. The highest BCUT2D eigenvalue weighted by atomic mass is 16.4. The molecule has 18 heavy (non-hydrogen) atoms. The van der Waals surface area contributed by atoms with Crippen LogP contribution in [0.25, 0.3) is 0 Å². The number of benzene rings is 1. The molecule has 1 aromatic rings. The molecule has 2 nitrogen and oxygen atoms in total. The van der Waals surface area contributed by atoms with E-state index >= 15 is 0 Å². The number of aliphatic carboxylic acids is 1. The molecule has 102 valence electrons. The van der Waals surface area contributed by atoms with Gasteiger partial charge in [0.05, 0.1) is 0 Å². The van der Waals surface area contributed by atoms with Crippen molar-refractivity contribution in [3.8, 4) is 0 Å². The van der Waals surface area contributed by atoms with Crippen molar-refractivity contribution in [3.05, 3.63) is 35.4 Å². The third-order valence-electron chi connectivity index (χ3n) is 2.42. The first-order chi connectivity index (χ1) is 8.63. The smallest absolute Gasteiger partial charge is 0.303 e. The summed E-state index contributed by atoms with van der Waals surface area (Å²) in [5.41, 5.74) is 2.59. The Bertz CT molecular complexity index is 314. The molecule has 0 radical (unpaired) electrons. The van der Waals surface area contributed by atoms with Crippen LogP contribution in [0.2, 0.25) is 0 Å². The lowest BCUT2D eigenvalue weighted by atomic mass is 10.0. The summed E-state index contributed by atoms with van der Waals surface area (Å²) in [5, 5.41) is 8.51. The van der Waals surface area contributed by atoms with Crippen LogP contribution in [-0.2, 0) is 17.6 Å². The number of hydrogen-bond donors (Lipinski definition) is 1. The van der Waals surface area contributed by atoms with Crippen LogP contribution in [0.5, 0.6) is 0 Å². The molecule has 0 bridgehead atoms. The van der Waals surface area contributed by atoms with Gasteiger partial charge in [-0.15, -0.1) is 0 Å². The average Bonchev–Trinajstić information content (AvgIpc) is 2.32. The van der Waals surface area contributed by atoms with E-state index in [4.69, 9.17) is 5.11 Å². The third-order valence-corrected chi connectivity index (χ3v) is 2.42. The number of rotatable bonds is 6. The molecule has 0 heterocycles. The molecule has 0 saturated heterocycles. The molecule has 0 fully saturated rings. The Morgan fingerprint density at radius 2 is 1.44 bits per heavy atom. The van der Waals surface area contributed by atoms with Gasteiger partial charge in [-0.2, -0.15) is 0 Å². The van der Waals surface area contributed by atoms with E-state index in [0.717, 1.165) is 19.3 Å². The van der Waals surface area contributed by atoms with Gasteiger partial charge in [0, 0.05) is 6.42 Å². The Hall–Kier alpha value is -1.31. The molecule has 0 atom stereocenters. The molecular formula is C16H26O2. The van der Waals surface area contributed by atoms with Gasteiger partial charge < -0.3 is 5.11 Å². The van der Waals surface area contributed by atoms with Crippen molar-refractivity contribution in [3.63, 3.8) is 0 Å². The zero-order valence-electron chi connectivity index (χ0n) is 11.9. The molecule has 1 rings (SSSR count). The highest BCUT2D eigenvalue weighted by Crippen LogP contribution is 2.09. The second-order valence-corrected chi connectivity index (χ2v) is 4.52. The van der Waals surface area contributed by atoms with Gasteiger partial charge >= 0.3 is 5.97 Å². The van der Waals surface area contributed by atoms with Gasteiger partial charge in [-0.3, -0.25) is 4.79 Å². The summed E-state index contributed by atoms with van der Waals surface area (Å²) in [7, 11) is 0. The van der Waals surface area contributed by atoms with Crippen molar-refractivity contribution in [2.45, 2.75) is 59.3 Å². The molecule has 0 amide bonds. The van der Waals surface area contributed by atoms with E-state index in [1.165, 1.54) is 24.0 Å². The fraction of sp³-hybridized carbons (Fsp3) is 0.562. The van der Waals surface area contributed by atoms with E-state index in [-0.39, 0.29) is 6.42 Å². The maximum atomic E-state index is 10.3. The van der Waals surface area contributed by atoms with E-state index in [1.807, 2.05) is 0 Å². The van der Waals surface area contributed by atoms with Gasteiger partial charge in [0.25, 0.3) is 0 Å². The summed E-state index contributed by atoms with van der Waals surface area (Å²) in [6.45, 7) is 6.42. The molecule has 2 heteroatoms. The molecule has 0 aliphatic heterocycles. The molecule has 0 saturated carbocycles. The van der Waals surface area contributed by atoms with Gasteiger partial charge in [-0.25, -0.2) is 0 Å². The minimum absolute atomic E-state index is 0.261. The zero-order valence-corrected chi connectivity index (χ0v) is 11.9. The average molecular weight is 250 g/mol. The molecule has 1 N–H and O–H groups in total. The molecule has 0 aromatic heterocycles. The van der Waals surface area contributed by atoms with Gasteiger partial charge in [0.15, 0.2) is 0 Å². The minimum atomic E-state index is -0.711. The Morgan fingerprint density at radius 3 is 1.83 bits per heavy atom. The van der Waals surface area contributed by atoms with Crippen LogP contribution in [-0.4, -0.2) is 11.1 Å². The maximum absolute atomic E-state index is 10.3. The zero-order chi connectivity index (χ0) is 13.8. The van der Waals surface area contributed by atoms with E-state index in [2.05, 4.69) is 45.0 Å². The van der Waals surface area contributed by atoms with Crippen molar-refractivity contribution in [1.82, 2.24) is 0 Å². The Kier molecular flexibility index (Phi) is 10.0. The van der Waals surface area contributed by atoms with Gasteiger partial charge in [0.1, 0.15) is 0 Å². The van der Waals surface area contributed by atoms with Crippen molar-refractivity contribution in [2.75, 3.05) is 0 Å². The normalized spacial score (nSPS) is 9.50.